The molecule has 0 unspecified atom stereocenters. The van der Waals surface area contributed by atoms with Crippen molar-refractivity contribution in [2.45, 2.75) is 51.6 Å². The zero-order chi connectivity index (χ0) is 12.8. The van der Waals surface area contributed by atoms with Crippen molar-refractivity contribution >= 4 is 0 Å². The Morgan fingerprint density at radius 3 is 2.78 bits per heavy atom. The maximum atomic E-state index is 5.49. The number of piperidine rings is 1. The number of aromatic nitrogens is 2. The fourth-order valence-electron chi connectivity index (χ4n) is 2.68. The lowest BCUT2D eigenvalue weighted by Crippen LogP contribution is -2.40. The fraction of sp³-hybridized carbons (Fsp3) is 0.846. The summed E-state index contributed by atoms with van der Waals surface area (Å²) in [6.45, 7) is 7.36. The van der Waals surface area contributed by atoms with Crippen molar-refractivity contribution in [2.75, 3.05) is 19.7 Å². The van der Waals surface area contributed by atoms with Crippen LogP contribution in [0, 0.1) is 0 Å². The van der Waals surface area contributed by atoms with Crippen LogP contribution < -0.4 is 5.32 Å². The molecule has 5 heteroatoms. The van der Waals surface area contributed by atoms with Crippen LogP contribution in [0.3, 0.4) is 0 Å². The minimum atomic E-state index is 0.0808. The van der Waals surface area contributed by atoms with Crippen LogP contribution in [0.2, 0.25) is 0 Å². The third-order valence-electron chi connectivity index (χ3n) is 3.65. The van der Waals surface area contributed by atoms with Crippen LogP contribution in [0.5, 0.6) is 0 Å². The third kappa shape index (κ3) is 2.90. The molecule has 102 valence electrons. The molecule has 1 saturated heterocycles. The molecule has 18 heavy (non-hydrogen) atoms. The van der Waals surface area contributed by atoms with Crippen molar-refractivity contribution in [3.63, 3.8) is 0 Å². The first-order chi connectivity index (χ1) is 8.80. The molecule has 0 amide bonds. The molecule has 0 saturated carbocycles. The minimum Gasteiger partial charge on any atom is -0.374 e. The van der Waals surface area contributed by atoms with Gasteiger partial charge in [0.2, 0.25) is 5.89 Å². The molecule has 2 rings (SSSR count). The monoisotopic (exact) mass is 253 g/mol. The summed E-state index contributed by atoms with van der Waals surface area (Å²) in [6, 6.07) is 0. The SMILES string of the molecule is CCCC1(c2nc(COCC)no2)CCNCC1. The summed E-state index contributed by atoms with van der Waals surface area (Å²) in [6.07, 6.45) is 4.42. The summed E-state index contributed by atoms with van der Waals surface area (Å²) in [7, 11) is 0. The Kier molecular flexibility index (Phi) is 4.72. The number of ether oxygens (including phenoxy) is 1. The molecule has 2 heterocycles. The van der Waals surface area contributed by atoms with Gasteiger partial charge in [0.25, 0.3) is 0 Å². The average molecular weight is 253 g/mol. The summed E-state index contributed by atoms with van der Waals surface area (Å²) in [5.74, 6) is 1.47. The third-order valence-corrected chi connectivity index (χ3v) is 3.65. The number of nitrogens with one attached hydrogen (secondary N) is 1. The maximum absolute atomic E-state index is 5.49. The van der Waals surface area contributed by atoms with Crippen LogP contribution in [0.25, 0.3) is 0 Å². The molecular formula is C13H23N3O2. The summed E-state index contributed by atoms with van der Waals surface area (Å²) in [5.41, 5.74) is 0.0808. The largest absolute Gasteiger partial charge is 0.374 e. The highest BCUT2D eigenvalue weighted by Gasteiger charge is 2.38. The van der Waals surface area contributed by atoms with Gasteiger partial charge in [-0.25, -0.2) is 0 Å². The van der Waals surface area contributed by atoms with Gasteiger partial charge in [-0.1, -0.05) is 18.5 Å². The molecule has 1 N–H and O–H groups in total. The first-order valence-electron chi connectivity index (χ1n) is 6.92. The van der Waals surface area contributed by atoms with Gasteiger partial charge in [-0.05, 0) is 39.3 Å². The molecule has 1 aliphatic rings. The van der Waals surface area contributed by atoms with Crippen molar-refractivity contribution in [1.29, 1.82) is 0 Å². The Balaban J connectivity index is 2.12. The van der Waals surface area contributed by atoms with E-state index in [0.717, 1.165) is 44.7 Å². The first kappa shape index (κ1) is 13.5. The maximum Gasteiger partial charge on any atom is 0.233 e. The van der Waals surface area contributed by atoms with Crippen LogP contribution in [0.15, 0.2) is 4.52 Å². The zero-order valence-electron chi connectivity index (χ0n) is 11.4. The molecular weight excluding hydrogens is 230 g/mol. The second-order valence-corrected chi connectivity index (χ2v) is 4.93. The van der Waals surface area contributed by atoms with Crippen LogP contribution in [0.1, 0.15) is 51.2 Å². The lowest BCUT2D eigenvalue weighted by molar-refractivity contribution is 0.126. The highest BCUT2D eigenvalue weighted by molar-refractivity contribution is 5.07. The van der Waals surface area contributed by atoms with Crippen LogP contribution in [-0.2, 0) is 16.8 Å². The Hall–Kier alpha value is -0.940. The zero-order valence-corrected chi connectivity index (χ0v) is 11.4. The van der Waals surface area contributed by atoms with Gasteiger partial charge < -0.3 is 14.6 Å². The molecule has 1 fully saturated rings. The molecule has 0 spiro atoms. The summed E-state index contributed by atoms with van der Waals surface area (Å²) < 4.78 is 10.8. The van der Waals surface area contributed by atoms with Crippen molar-refractivity contribution in [3.8, 4) is 0 Å². The van der Waals surface area contributed by atoms with E-state index < -0.39 is 0 Å². The lowest BCUT2D eigenvalue weighted by atomic mass is 9.75. The van der Waals surface area contributed by atoms with E-state index in [2.05, 4.69) is 22.4 Å². The second-order valence-electron chi connectivity index (χ2n) is 4.93. The van der Waals surface area contributed by atoms with Crippen molar-refractivity contribution in [2.24, 2.45) is 0 Å². The van der Waals surface area contributed by atoms with Crippen molar-refractivity contribution < 1.29 is 9.26 Å². The Labute approximate surface area is 108 Å². The highest BCUT2D eigenvalue weighted by Crippen LogP contribution is 2.36. The number of hydrogen-bond donors (Lipinski definition) is 1. The molecule has 0 atom stereocenters. The molecule has 0 radical (unpaired) electrons. The molecule has 0 aliphatic carbocycles. The van der Waals surface area contributed by atoms with E-state index in [9.17, 15) is 0 Å². The van der Waals surface area contributed by atoms with Gasteiger partial charge in [0, 0.05) is 6.61 Å². The number of hydrogen-bond acceptors (Lipinski definition) is 5. The van der Waals surface area contributed by atoms with Gasteiger partial charge in [-0.15, -0.1) is 0 Å². The number of nitrogens with zero attached hydrogens (tertiary/aromatic N) is 2. The average Bonchev–Trinajstić information content (AvgIpc) is 2.87. The predicted molar refractivity (Wildman–Crippen MR) is 68.3 cm³/mol. The number of rotatable bonds is 6. The first-order valence-corrected chi connectivity index (χ1v) is 6.92. The van der Waals surface area contributed by atoms with Gasteiger partial charge in [0.15, 0.2) is 5.82 Å². The Morgan fingerprint density at radius 1 is 1.33 bits per heavy atom. The smallest absolute Gasteiger partial charge is 0.233 e. The van der Waals surface area contributed by atoms with E-state index in [0.29, 0.717) is 19.0 Å². The Morgan fingerprint density at radius 2 is 2.11 bits per heavy atom. The standard InChI is InChI=1S/C13H23N3O2/c1-3-5-13(6-8-14-9-7-13)12-15-11(16-18-12)10-17-4-2/h14H,3-10H2,1-2H3. The minimum absolute atomic E-state index is 0.0808. The van der Waals surface area contributed by atoms with Gasteiger partial charge in [0.05, 0.1) is 5.41 Å². The van der Waals surface area contributed by atoms with E-state index in [1.165, 1.54) is 0 Å². The van der Waals surface area contributed by atoms with E-state index in [1.807, 2.05) is 6.92 Å². The lowest BCUT2D eigenvalue weighted by Gasteiger charge is -2.34. The molecule has 0 bridgehead atoms. The van der Waals surface area contributed by atoms with Crippen molar-refractivity contribution in [1.82, 2.24) is 15.5 Å². The topological polar surface area (TPSA) is 60.2 Å². The molecule has 0 aromatic carbocycles. The highest BCUT2D eigenvalue weighted by atomic mass is 16.5. The fourth-order valence-corrected chi connectivity index (χ4v) is 2.68. The van der Waals surface area contributed by atoms with E-state index >= 15 is 0 Å². The van der Waals surface area contributed by atoms with Gasteiger partial charge >= 0.3 is 0 Å². The molecule has 5 nitrogen and oxygen atoms in total. The van der Waals surface area contributed by atoms with E-state index in [-0.39, 0.29) is 5.41 Å². The predicted octanol–water partition coefficient (Wildman–Crippen LogP) is 2.03. The van der Waals surface area contributed by atoms with Crippen molar-refractivity contribution in [3.05, 3.63) is 11.7 Å². The van der Waals surface area contributed by atoms with Crippen LogP contribution in [0.4, 0.5) is 0 Å². The van der Waals surface area contributed by atoms with Crippen LogP contribution >= 0.6 is 0 Å². The van der Waals surface area contributed by atoms with Gasteiger partial charge in [-0.2, -0.15) is 4.98 Å². The van der Waals surface area contributed by atoms with E-state index in [1.54, 1.807) is 0 Å². The summed E-state index contributed by atoms with van der Waals surface area (Å²) >= 11 is 0. The normalized spacial score (nSPS) is 19.0. The van der Waals surface area contributed by atoms with E-state index in [4.69, 9.17) is 9.26 Å². The summed E-state index contributed by atoms with van der Waals surface area (Å²) in [4.78, 5) is 4.53. The molecule has 1 aromatic rings. The van der Waals surface area contributed by atoms with Gasteiger partial charge in [0.1, 0.15) is 6.61 Å². The quantitative estimate of drug-likeness (QED) is 0.840. The summed E-state index contributed by atoms with van der Waals surface area (Å²) in [5, 5.41) is 7.42. The van der Waals surface area contributed by atoms with Gasteiger partial charge in [-0.3, -0.25) is 0 Å². The van der Waals surface area contributed by atoms with Crippen LogP contribution in [-0.4, -0.2) is 29.8 Å². The molecule has 1 aromatic heterocycles. The Bertz CT molecular complexity index is 353. The second kappa shape index (κ2) is 6.29. The molecule has 1 aliphatic heterocycles.